The monoisotopic (exact) mass is 294 g/mol. The standard InChI is InChI=1S/C13H12F2N4S/c1-7-17-5-4-8(19-7)6-18-10-3-2-9(13(16)20)11(14)12(10)15/h2-5,18H,6H2,1H3,(H2,16,20). The number of rotatable bonds is 4. The minimum atomic E-state index is -1.05. The van der Waals surface area contributed by atoms with Crippen molar-refractivity contribution < 1.29 is 8.78 Å². The van der Waals surface area contributed by atoms with E-state index in [9.17, 15) is 8.78 Å². The van der Waals surface area contributed by atoms with Gasteiger partial charge in [0.05, 0.1) is 17.9 Å². The zero-order chi connectivity index (χ0) is 14.7. The van der Waals surface area contributed by atoms with Crippen molar-refractivity contribution in [2.24, 2.45) is 5.73 Å². The number of hydrogen-bond donors (Lipinski definition) is 2. The highest BCUT2D eigenvalue weighted by molar-refractivity contribution is 7.80. The molecule has 0 spiro atoms. The van der Waals surface area contributed by atoms with E-state index in [1.807, 2.05) is 0 Å². The quantitative estimate of drug-likeness (QED) is 0.847. The van der Waals surface area contributed by atoms with Crippen molar-refractivity contribution in [1.29, 1.82) is 0 Å². The summed E-state index contributed by atoms with van der Waals surface area (Å²) in [6, 6.07) is 4.42. The molecule has 3 N–H and O–H groups in total. The first-order chi connectivity index (χ1) is 9.49. The normalized spacial score (nSPS) is 10.3. The number of nitrogens with zero attached hydrogens (tertiary/aromatic N) is 2. The average molecular weight is 294 g/mol. The van der Waals surface area contributed by atoms with Crippen LogP contribution in [0.15, 0.2) is 24.4 Å². The molecular weight excluding hydrogens is 282 g/mol. The zero-order valence-electron chi connectivity index (χ0n) is 10.7. The molecule has 2 aromatic rings. The van der Waals surface area contributed by atoms with Gasteiger partial charge in [0.1, 0.15) is 10.8 Å². The van der Waals surface area contributed by atoms with Crippen LogP contribution in [-0.4, -0.2) is 15.0 Å². The second-order valence-corrected chi connectivity index (χ2v) is 4.54. The molecule has 1 aromatic carbocycles. The van der Waals surface area contributed by atoms with Crippen molar-refractivity contribution in [2.75, 3.05) is 5.32 Å². The highest BCUT2D eigenvalue weighted by atomic mass is 32.1. The maximum Gasteiger partial charge on any atom is 0.182 e. The highest BCUT2D eigenvalue weighted by Crippen LogP contribution is 2.21. The third-order valence-corrected chi connectivity index (χ3v) is 2.86. The van der Waals surface area contributed by atoms with Crippen molar-refractivity contribution in [3.05, 3.63) is 53.1 Å². The summed E-state index contributed by atoms with van der Waals surface area (Å²) in [5.41, 5.74) is 5.90. The molecule has 0 aliphatic heterocycles. The third kappa shape index (κ3) is 3.05. The van der Waals surface area contributed by atoms with Crippen LogP contribution in [0.3, 0.4) is 0 Å². The molecule has 0 aliphatic rings. The first kappa shape index (κ1) is 14.3. The molecular formula is C13H12F2N4S. The summed E-state index contributed by atoms with van der Waals surface area (Å²) in [7, 11) is 0. The molecule has 0 amide bonds. The van der Waals surface area contributed by atoms with Gasteiger partial charge in [-0.25, -0.2) is 18.7 Å². The van der Waals surface area contributed by atoms with Gasteiger partial charge in [-0.05, 0) is 25.1 Å². The molecule has 0 atom stereocenters. The van der Waals surface area contributed by atoms with Crippen molar-refractivity contribution in [2.45, 2.75) is 13.5 Å². The van der Waals surface area contributed by atoms with E-state index in [1.165, 1.54) is 12.1 Å². The average Bonchev–Trinajstić information content (AvgIpc) is 2.40. The van der Waals surface area contributed by atoms with Gasteiger partial charge in [0, 0.05) is 11.8 Å². The van der Waals surface area contributed by atoms with Crippen LogP contribution in [0.2, 0.25) is 0 Å². The molecule has 0 unspecified atom stereocenters. The molecule has 0 saturated heterocycles. The topological polar surface area (TPSA) is 63.8 Å². The predicted octanol–water partition coefficient (Wildman–Crippen LogP) is 2.31. The summed E-state index contributed by atoms with van der Waals surface area (Å²) < 4.78 is 27.5. The summed E-state index contributed by atoms with van der Waals surface area (Å²) in [6.07, 6.45) is 1.60. The molecule has 0 bridgehead atoms. The van der Waals surface area contributed by atoms with Crippen LogP contribution in [0.4, 0.5) is 14.5 Å². The van der Waals surface area contributed by atoms with Crippen molar-refractivity contribution in [1.82, 2.24) is 9.97 Å². The number of aromatic nitrogens is 2. The molecule has 4 nitrogen and oxygen atoms in total. The fourth-order valence-corrected chi connectivity index (χ4v) is 1.82. The lowest BCUT2D eigenvalue weighted by Gasteiger charge is -2.10. The highest BCUT2D eigenvalue weighted by Gasteiger charge is 2.14. The summed E-state index contributed by atoms with van der Waals surface area (Å²) in [5, 5.41) is 2.77. The number of halogens is 2. The molecule has 1 aromatic heterocycles. The molecule has 0 saturated carbocycles. The number of aryl methyl sites for hydroxylation is 1. The van der Waals surface area contributed by atoms with Gasteiger partial charge in [-0.3, -0.25) is 0 Å². The molecule has 104 valence electrons. The van der Waals surface area contributed by atoms with Crippen molar-refractivity contribution >= 4 is 22.9 Å². The second-order valence-electron chi connectivity index (χ2n) is 4.10. The van der Waals surface area contributed by atoms with Gasteiger partial charge in [-0.15, -0.1) is 0 Å². The molecule has 7 heteroatoms. The Bertz CT molecular complexity index is 661. The van der Waals surface area contributed by atoms with Gasteiger partial charge in [-0.1, -0.05) is 12.2 Å². The van der Waals surface area contributed by atoms with E-state index in [-0.39, 0.29) is 22.8 Å². The Labute approximate surface area is 120 Å². The summed E-state index contributed by atoms with van der Waals surface area (Å²) >= 11 is 4.64. The van der Waals surface area contributed by atoms with Crippen LogP contribution in [0.1, 0.15) is 17.1 Å². The van der Waals surface area contributed by atoms with Gasteiger partial charge in [0.2, 0.25) is 0 Å². The van der Waals surface area contributed by atoms with Gasteiger partial charge in [0.25, 0.3) is 0 Å². The molecule has 0 fully saturated rings. The molecule has 0 aliphatic carbocycles. The van der Waals surface area contributed by atoms with E-state index in [0.29, 0.717) is 11.5 Å². The van der Waals surface area contributed by atoms with Crippen LogP contribution < -0.4 is 11.1 Å². The van der Waals surface area contributed by atoms with Gasteiger partial charge >= 0.3 is 0 Å². The number of hydrogen-bond acceptors (Lipinski definition) is 4. The Kier molecular flexibility index (Phi) is 4.19. The summed E-state index contributed by atoms with van der Waals surface area (Å²) in [6.45, 7) is 2.01. The Hall–Kier alpha value is -2.15. The second kappa shape index (κ2) is 5.87. The maximum atomic E-state index is 13.8. The van der Waals surface area contributed by atoms with E-state index in [4.69, 9.17) is 5.73 Å². The summed E-state index contributed by atoms with van der Waals surface area (Å²) in [5.74, 6) is -1.46. The lowest BCUT2D eigenvalue weighted by atomic mass is 10.1. The number of anilines is 1. The maximum absolute atomic E-state index is 13.8. The van der Waals surface area contributed by atoms with E-state index in [0.717, 1.165) is 0 Å². The fourth-order valence-electron chi connectivity index (χ4n) is 1.67. The molecule has 1 heterocycles. The number of benzene rings is 1. The lowest BCUT2D eigenvalue weighted by molar-refractivity contribution is 0.509. The largest absolute Gasteiger partial charge is 0.389 e. The SMILES string of the molecule is Cc1nccc(CNc2ccc(C(N)=S)c(F)c2F)n1. The van der Waals surface area contributed by atoms with Crippen LogP contribution in [0, 0.1) is 18.6 Å². The van der Waals surface area contributed by atoms with Gasteiger partial charge in [-0.2, -0.15) is 0 Å². The third-order valence-electron chi connectivity index (χ3n) is 2.64. The number of nitrogens with one attached hydrogen (secondary N) is 1. The van der Waals surface area contributed by atoms with Gasteiger partial charge in [0.15, 0.2) is 11.6 Å². The van der Waals surface area contributed by atoms with E-state index in [1.54, 1.807) is 19.2 Å². The lowest BCUT2D eigenvalue weighted by Crippen LogP contribution is -2.14. The summed E-state index contributed by atoms with van der Waals surface area (Å²) in [4.78, 5) is 7.93. The Balaban J connectivity index is 2.18. The van der Waals surface area contributed by atoms with Crippen molar-refractivity contribution in [3.8, 4) is 0 Å². The first-order valence-corrected chi connectivity index (χ1v) is 6.20. The van der Waals surface area contributed by atoms with Crippen LogP contribution in [-0.2, 0) is 6.54 Å². The van der Waals surface area contributed by atoms with Crippen molar-refractivity contribution in [3.63, 3.8) is 0 Å². The van der Waals surface area contributed by atoms with E-state index in [2.05, 4.69) is 27.5 Å². The van der Waals surface area contributed by atoms with Crippen LogP contribution in [0.25, 0.3) is 0 Å². The Morgan fingerprint density at radius 1 is 1.30 bits per heavy atom. The number of nitrogens with two attached hydrogens (primary N) is 1. The smallest absolute Gasteiger partial charge is 0.182 e. The first-order valence-electron chi connectivity index (χ1n) is 5.79. The predicted molar refractivity (Wildman–Crippen MR) is 76.3 cm³/mol. The van der Waals surface area contributed by atoms with Crippen LogP contribution in [0.5, 0.6) is 0 Å². The van der Waals surface area contributed by atoms with Crippen LogP contribution >= 0.6 is 12.2 Å². The van der Waals surface area contributed by atoms with E-state index >= 15 is 0 Å². The Morgan fingerprint density at radius 2 is 2.05 bits per heavy atom. The Morgan fingerprint density at radius 3 is 2.70 bits per heavy atom. The van der Waals surface area contributed by atoms with E-state index < -0.39 is 11.6 Å². The minimum absolute atomic E-state index is 0.0266. The molecule has 2 rings (SSSR count). The number of thiocarbonyl (C=S) groups is 1. The van der Waals surface area contributed by atoms with Gasteiger partial charge < -0.3 is 11.1 Å². The fraction of sp³-hybridized carbons (Fsp3) is 0.154. The minimum Gasteiger partial charge on any atom is -0.389 e. The molecule has 20 heavy (non-hydrogen) atoms. The zero-order valence-corrected chi connectivity index (χ0v) is 11.5. The molecule has 0 radical (unpaired) electrons.